The van der Waals surface area contributed by atoms with E-state index in [1.165, 1.54) is 14.0 Å². The fraction of sp³-hybridized carbons (Fsp3) is 0.750. The van der Waals surface area contributed by atoms with E-state index in [1.807, 2.05) is 13.8 Å². The maximum atomic E-state index is 12.3. The van der Waals surface area contributed by atoms with Crippen LogP contribution >= 0.6 is 0 Å². The molecule has 0 aliphatic heterocycles. The van der Waals surface area contributed by atoms with E-state index >= 15 is 0 Å². The second-order valence-corrected chi connectivity index (χ2v) is 5.90. The maximum absolute atomic E-state index is 12.3. The molecule has 0 heterocycles. The van der Waals surface area contributed by atoms with Crippen molar-refractivity contribution in [1.29, 1.82) is 0 Å². The van der Waals surface area contributed by atoms with Gasteiger partial charge in [0.05, 0.1) is 7.11 Å². The molecular formula is C16H28N2O5. The van der Waals surface area contributed by atoms with Crippen LogP contribution in [0, 0.1) is 5.92 Å². The highest BCUT2D eigenvalue weighted by atomic mass is 16.5. The van der Waals surface area contributed by atoms with Crippen LogP contribution in [0.3, 0.4) is 0 Å². The Labute approximate surface area is 137 Å². The van der Waals surface area contributed by atoms with E-state index in [4.69, 9.17) is 0 Å². The number of hydrogen-bond acceptors (Lipinski definition) is 5. The molecule has 0 bridgehead atoms. The lowest BCUT2D eigenvalue weighted by Gasteiger charge is -2.22. The van der Waals surface area contributed by atoms with Gasteiger partial charge in [-0.3, -0.25) is 14.4 Å². The summed E-state index contributed by atoms with van der Waals surface area (Å²) in [5, 5.41) is 5.16. The third kappa shape index (κ3) is 8.95. The lowest BCUT2D eigenvalue weighted by molar-refractivity contribution is -0.145. The van der Waals surface area contributed by atoms with Crippen molar-refractivity contribution in [1.82, 2.24) is 10.6 Å². The van der Waals surface area contributed by atoms with E-state index in [0.717, 1.165) is 0 Å². The van der Waals surface area contributed by atoms with Gasteiger partial charge in [-0.05, 0) is 18.8 Å². The molecule has 0 fully saturated rings. The molecule has 7 heteroatoms. The summed E-state index contributed by atoms with van der Waals surface area (Å²) in [6.45, 7) is 6.93. The molecule has 0 saturated carbocycles. The monoisotopic (exact) mass is 328 g/mol. The third-order valence-electron chi connectivity index (χ3n) is 3.31. The van der Waals surface area contributed by atoms with Crippen LogP contribution in [0.2, 0.25) is 0 Å². The minimum atomic E-state index is -0.897. The second-order valence-electron chi connectivity index (χ2n) is 5.90. The topological polar surface area (TPSA) is 102 Å². The Hall–Kier alpha value is -1.92. The Morgan fingerprint density at radius 2 is 1.65 bits per heavy atom. The Kier molecular flexibility index (Phi) is 9.85. The third-order valence-corrected chi connectivity index (χ3v) is 3.31. The zero-order valence-corrected chi connectivity index (χ0v) is 14.6. The van der Waals surface area contributed by atoms with Crippen molar-refractivity contribution in [2.45, 2.75) is 65.5 Å². The number of ether oxygens (including phenoxy) is 1. The molecule has 0 aromatic carbocycles. The molecule has 0 unspecified atom stereocenters. The Morgan fingerprint density at radius 1 is 1.04 bits per heavy atom. The van der Waals surface area contributed by atoms with Gasteiger partial charge in [0.1, 0.15) is 17.9 Å². The predicted octanol–water partition coefficient (Wildman–Crippen LogP) is 0.954. The number of methoxy groups -OCH3 is 1. The summed E-state index contributed by atoms with van der Waals surface area (Å²) in [4.78, 5) is 46.8. The molecule has 0 aromatic heterocycles. The van der Waals surface area contributed by atoms with Crippen molar-refractivity contribution in [2.75, 3.05) is 7.11 Å². The summed E-state index contributed by atoms with van der Waals surface area (Å²) < 4.78 is 4.67. The number of ketones is 1. The zero-order chi connectivity index (χ0) is 18.0. The molecule has 0 saturated heterocycles. The van der Waals surface area contributed by atoms with Crippen molar-refractivity contribution in [3.05, 3.63) is 0 Å². The first kappa shape index (κ1) is 21.1. The summed E-state index contributed by atoms with van der Waals surface area (Å²) >= 11 is 0. The van der Waals surface area contributed by atoms with E-state index < -0.39 is 24.0 Å². The van der Waals surface area contributed by atoms with Crippen LogP contribution in [-0.4, -0.2) is 42.8 Å². The lowest BCUT2D eigenvalue weighted by atomic mass is 10.0. The van der Waals surface area contributed by atoms with Crippen molar-refractivity contribution >= 4 is 23.6 Å². The van der Waals surface area contributed by atoms with Gasteiger partial charge < -0.3 is 15.4 Å². The highest BCUT2D eigenvalue weighted by Crippen LogP contribution is 2.08. The number of nitrogens with one attached hydrogen (secondary N) is 2. The van der Waals surface area contributed by atoms with Crippen molar-refractivity contribution < 1.29 is 23.9 Å². The molecule has 2 N–H and O–H groups in total. The fourth-order valence-corrected chi connectivity index (χ4v) is 2.09. The number of Topliss-reactive ketones (excluding diaryl/α,β-unsaturated/α-hetero) is 1. The Bertz CT molecular complexity index is 434. The van der Waals surface area contributed by atoms with Crippen LogP contribution in [-0.2, 0) is 23.9 Å². The van der Waals surface area contributed by atoms with E-state index in [9.17, 15) is 19.2 Å². The zero-order valence-electron chi connectivity index (χ0n) is 14.6. The van der Waals surface area contributed by atoms with Crippen molar-refractivity contribution in [2.24, 2.45) is 5.92 Å². The fourth-order valence-electron chi connectivity index (χ4n) is 2.09. The quantitative estimate of drug-likeness (QED) is 0.582. The standard InChI is InChI=1S/C16H28N2O5/c1-6-12(20)7-8-13(16(22)23-5)18-15(21)14(9-10(2)3)17-11(4)19/h10,13-14H,6-9H2,1-5H3,(H,17,19)(H,18,21)/t13-,14-/m0/s1. The molecule has 7 nitrogen and oxygen atoms in total. The van der Waals surface area contributed by atoms with Crippen LogP contribution < -0.4 is 10.6 Å². The molecule has 0 radical (unpaired) electrons. The van der Waals surface area contributed by atoms with Crippen LogP contribution in [0.15, 0.2) is 0 Å². The molecule has 2 atom stereocenters. The first-order valence-electron chi connectivity index (χ1n) is 7.88. The number of esters is 1. The highest BCUT2D eigenvalue weighted by Gasteiger charge is 2.27. The number of carbonyl (C=O) groups is 4. The Morgan fingerprint density at radius 3 is 2.09 bits per heavy atom. The van der Waals surface area contributed by atoms with Crippen LogP contribution in [0.1, 0.15) is 53.4 Å². The van der Waals surface area contributed by atoms with Gasteiger partial charge in [-0.1, -0.05) is 20.8 Å². The summed E-state index contributed by atoms with van der Waals surface area (Å²) in [7, 11) is 1.22. The predicted molar refractivity (Wildman–Crippen MR) is 85.5 cm³/mol. The lowest BCUT2D eigenvalue weighted by Crippen LogP contribution is -2.52. The highest BCUT2D eigenvalue weighted by molar-refractivity contribution is 5.90. The summed E-state index contributed by atoms with van der Waals surface area (Å²) in [5.74, 6) is -1.17. The van der Waals surface area contributed by atoms with Crippen LogP contribution in [0.5, 0.6) is 0 Å². The largest absolute Gasteiger partial charge is 0.467 e. The minimum Gasteiger partial charge on any atom is -0.467 e. The average Bonchev–Trinajstić information content (AvgIpc) is 2.48. The molecule has 0 aliphatic rings. The second kappa shape index (κ2) is 10.7. The molecule has 0 rings (SSSR count). The molecule has 132 valence electrons. The molecular weight excluding hydrogens is 300 g/mol. The van der Waals surface area contributed by atoms with Gasteiger partial charge in [-0.2, -0.15) is 0 Å². The summed E-state index contributed by atoms with van der Waals surface area (Å²) in [5.41, 5.74) is 0. The van der Waals surface area contributed by atoms with Crippen molar-refractivity contribution in [3.63, 3.8) is 0 Å². The smallest absolute Gasteiger partial charge is 0.328 e. The van der Waals surface area contributed by atoms with Crippen LogP contribution in [0.25, 0.3) is 0 Å². The van der Waals surface area contributed by atoms with Gasteiger partial charge in [0.15, 0.2) is 0 Å². The molecule has 2 amide bonds. The SMILES string of the molecule is CCC(=O)CC[C@H](NC(=O)[C@H](CC(C)C)NC(C)=O)C(=O)OC. The van der Waals surface area contributed by atoms with E-state index in [1.54, 1.807) is 6.92 Å². The van der Waals surface area contributed by atoms with Gasteiger partial charge in [-0.25, -0.2) is 4.79 Å². The summed E-state index contributed by atoms with van der Waals surface area (Å²) in [6.07, 6.45) is 1.20. The Balaban J connectivity index is 4.90. The minimum absolute atomic E-state index is 0.00810. The average molecular weight is 328 g/mol. The maximum Gasteiger partial charge on any atom is 0.328 e. The first-order valence-corrected chi connectivity index (χ1v) is 7.88. The van der Waals surface area contributed by atoms with E-state index in [-0.39, 0.29) is 30.4 Å². The van der Waals surface area contributed by atoms with Crippen LogP contribution in [0.4, 0.5) is 0 Å². The number of carbonyl (C=O) groups excluding carboxylic acids is 4. The van der Waals surface area contributed by atoms with Crippen molar-refractivity contribution in [3.8, 4) is 0 Å². The van der Waals surface area contributed by atoms with Gasteiger partial charge in [0.25, 0.3) is 0 Å². The van der Waals surface area contributed by atoms with E-state index in [0.29, 0.717) is 12.8 Å². The number of hydrogen-bond donors (Lipinski definition) is 2. The van der Waals surface area contributed by atoms with Gasteiger partial charge in [-0.15, -0.1) is 0 Å². The van der Waals surface area contributed by atoms with Gasteiger partial charge in [0, 0.05) is 19.8 Å². The van der Waals surface area contributed by atoms with Gasteiger partial charge in [0.2, 0.25) is 11.8 Å². The molecule has 23 heavy (non-hydrogen) atoms. The molecule has 0 spiro atoms. The number of rotatable bonds is 10. The van der Waals surface area contributed by atoms with Gasteiger partial charge >= 0.3 is 5.97 Å². The molecule has 0 aliphatic carbocycles. The normalized spacial score (nSPS) is 13.1. The first-order chi connectivity index (χ1) is 10.7. The molecule has 0 aromatic rings. The van der Waals surface area contributed by atoms with E-state index in [2.05, 4.69) is 15.4 Å². The number of amides is 2. The summed E-state index contributed by atoms with van der Waals surface area (Å²) in [6, 6.07) is -1.62.